The predicted molar refractivity (Wildman–Crippen MR) is 92.9 cm³/mol. The minimum Gasteiger partial charge on any atom is -0.478 e. The summed E-state index contributed by atoms with van der Waals surface area (Å²) in [5, 5.41) is 9.31. The van der Waals surface area contributed by atoms with Crippen LogP contribution < -0.4 is 4.90 Å². The van der Waals surface area contributed by atoms with E-state index in [4.69, 9.17) is 4.74 Å². The molecule has 2 aliphatic rings. The molecular formula is C18H17NO4S. The van der Waals surface area contributed by atoms with E-state index < -0.39 is 12.1 Å². The van der Waals surface area contributed by atoms with Crippen molar-refractivity contribution in [1.82, 2.24) is 0 Å². The number of carboxylic acid groups (broad SMARTS) is 1. The second-order valence-electron chi connectivity index (χ2n) is 5.43. The number of carbonyl (C=O) groups excluding carboxylic acids is 1. The standard InChI is InChI=1S/C18H17NO4S/c1-23-17-12(18(21)22)7-8-14(13(17)11-20)19-9-4-10-24-16-6-3-2-5-15(16)19/h2-3,5-8,17H,4,9-10H2,1H3,(H,21,22). The summed E-state index contributed by atoms with van der Waals surface area (Å²) in [6.45, 7) is 0.744. The maximum atomic E-state index is 11.6. The lowest BCUT2D eigenvalue weighted by Crippen LogP contribution is -2.33. The summed E-state index contributed by atoms with van der Waals surface area (Å²) in [6, 6.07) is 8.01. The van der Waals surface area contributed by atoms with Gasteiger partial charge in [-0.1, -0.05) is 12.1 Å². The highest BCUT2D eigenvalue weighted by molar-refractivity contribution is 7.99. The van der Waals surface area contributed by atoms with Crippen molar-refractivity contribution < 1.29 is 19.4 Å². The van der Waals surface area contributed by atoms with Gasteiger partial charge < -0.3 is 14.7 Å². The number of hydrogen-bond acceptors (Lipinski definition) is 5. The van der Waals surface area contributed by atoms with Gasteiger partial charge >= 0.3 is 5.97 Å². The number of ether oxygens (including phenoxy) is 1. The van der Waals surface area contributed by atoms with E-state index in [1.54, 1.807) is 17.8 Å². The topological polar surface area (TPSA) is 66.8 Å². The van der Waals surface area contributed by atoms with Gasteiger partial charge in [-0.05, 0) is 36.5 Å². The molecule has 1 aliphatic heterocycles. The second-order valence-corrected chi connectivity index (χ2v) is 6.57. The van der Waals surface area contributed by atoms with Gasteiger partial charge in [0.25, 0.3) is 0 Å². The molecular weight excluding hydrogens is 326 g/mol. The normalized spacial score (nSPS) is 20.5. The summed E-state index contributed by atoms with van der Waals surface area (Å²) in [5.41, 5.74) is 1.93. The molecule has 3 rings (SSSR count). The van der Waals surface area contributed by atoms with E-state index >= 15 is 0 Å². The van der Waals surface area contributed by atoms with E-state index in [2.05, 4.69) is 11.0 Å². The Hall–Kier alpha value is -2.27. The van der Waals surface area contributed by atoms with E-state index in [0.29, 0.717) is 5.70 Å². The zero-order valence-electron chi connectivity index (χ0n) is 13.2. The van der Waals surface area contributed by atoms with Crippen LogP contribution in [-0.4, -0.2) is 42.5 Å². The molecule has 1 heterocycles. The Balaban J connectivity index is 2.11. The van der Waals surface area contributed by atoms with Crippen molar-refractivity contribution in [2.24, 2.45) is 0 Å². The number of aliphatic carboxylic acids is 1. The minimum atomic E-state index is -1.10. The molecule has 1 aromatic carbocycles. The Kier molecular flexibility index (Phi) is 4.90. The highest BCUT2D eigenvalue weighted by Gasteiger charge is 2.33. The zero-order valence-corrected chi connectivity index (χ0v) is 14.0. The van der Waals surface area contributed by atoms with Crippen molar-refractivity contribution in [3.63, 3.8) is 0 Å². The average Bonchev–Trinajstić information content (AvgIpc) is 2.82. The molecule has 1 aromatic rings. The Morgan fingerprint density at radius 2 is 2.17 bits per heavy atom. The summed E-state index contributed by atoms with van der Waals surface area (Å²) >= 11 is 1.78. The molecule has 0 radical (unpaired) electrons. The highest BCUT2D eigenvalue weighted by atomic mass is 32.2. The van der Waals surface area contributed by atoms with Gasteiger partial charge in [-0.2, -0.15) is 0 Å². The third-order valence-corrected chi connectivity index (χ3v) is 5.21. The number of methoxy groups -OCH3 is 1. The van der Waals surface area contributed by atoms with Gasteiger partial charge in [0.05, 0.1) is 22.5 Å². The Labute approximate surface area is 144 Å². The molecule has 0 spiro atoms. The van der Waals surface area contributed by atoms with E-state index in [9.17, 15) is 14.7 Å². The Morgan fingerprint density at radius 3 is 2.88 bits per heavy atom. The minimum absolute atomic E-state index is 0.0390. The molecule has 0 aromatic heterocycles. The van der Waals surface area contributed by atoms with Crippen LogP contribution in [0.5, 0.6) is 0 Å². The van der Waals surface area contributed by atoms with Crippen molar-refractivity contribution >= 4 is 29.4 Å². The van der Waals surface area contributed by atoms with Crippen LogP contribution in [-0.2, 0) is 14.3 Å². The zero-order chi connectivity index (χ0) is 17.1. The number of rotatable bonds is 3. The van der Waals surface area contributed by atoms with Crippen molar-refractivity contribution in [1.29, 1.82) is 0 Å². The Bertz CT molecular complexity index is 777. The van der Waals surface area contributed by atoms with Crippen molar-refractivity contribution in [2.75, 3.05) is 24.3 Å². The first kappa shape index (κ1) is 16.6. The van der Waals surface area contributed by atoms with Gasteiger partial charge in [-0.15, -0.1) is 11.8 Å². The first-order valence-corrected chi connectivity index (χ1v) is 8.58. The third-order valence-electron chi connectivity index (χ3n) is 4.06. The number of benzene rings is 1. The largest absolute Gasteiger partial charge is 0.478 e. The van der Waals surface area contributed by atoms with E-state index in [-0.39, 0.29) is 11.1 Å². The molecule has 0 saturated heterocycles. The molecule has 24 heavy (non-hydrogen) atoms. The predicted octanol–water partition coefficient (Wildman–Crippen LogP) is 2.67. The second kappa shape index (κ2) is 7.09. The van der Waals surface area contributed by atoms with Crippen molar-refractivity contribution in [2.45, 2.75) is 17.4 Å². The van der Waals surface area contributed by atoms with E-state index in [1.807, 2.05) is 24.1 Å². The van der Waals surface area contributed by atoms with Crippen LogP contribution in [0.2, 0.25) is 0 Å². The molecule has 0 fully saturated rings. The molecule has 0 saturated carbocycles. The molecule has 1 unspecified atom stereocenters. The fraction of sp³-hybridized carbons (Fsp3) is 0.278. The summed E-state index contributed by atoms with van der Waals surface area (Å²) in [7, 11) is 1.40. The van der Waals surface area contributed by atoms with E-state index in [1.165, 1.54) is 13.2 Å². The maximum absolute atomic E-state index is 11.6. The van der Waals surface area contributed by atoms with Gasteiger partial charge in [-0.3, -0.25) is 0 Å². The third kappa shape index (κ3) is 2.91. The van der Waals surface area contributed by atoms with E-state index in [0.717, 1.165) is 29.3 Å². The number of hydrogen-bond donors (Lipinski definition) is 1. The number of thioether (sulfide) groups is 1. The fourth-order valence-electron chi connectivity index (χ4n) is 2.98. The van der Waals surface area contributed by atoms with Gasteiger partial charge in [0, 0.05) is 18.6 Å². The van der Waals surface area contributed by atoms with Crippen LogP contribution in [0.25, 0.3) is 0 Å². The monoisotopic (exact) mass is 343 g/mol. The van der Waals surface area contributed by atoms with Crippen molar-refractivity contribution in [3.05, 3.63) is 53.3 Å². The van der Waals surface area contributed by atoms with Gasteiger partial charge in [0.2, 0.25) is 0 Å². The van der Waals surface area contributed by atoms with Crippen LogP contribution in [0.15, 0.2) is 58.2 Å². The van der Waals surface area contributed by atoms with Gasteiger partial charge in [0.15, 0.2) is 0 Å². The number of para-hydroxylation sites is 1. The summed E-state index contributed by atoms with van der Waals surface area (Å²) in [4.78, 5) is 26.2. The van der Waals surface area contributed by atoms with Crippen LogP contribution in [0, 0.1) is 0 Å². The van der Waals surface area contributed by atoms with Crippen LogP contribution >= 0.6 is 11.8 Å². The van der Waals surface area contributed by atoms with Gasteiger partial charge in [-0.25, -0.2) is 9.59 Å². The molecule has 124 valence electrons. The smallest absolute Gasteiger partial charge is 0.334 e. The first-order valence-electron chi connectivity index (χ1n) is 7.60. The Morgan fingerprint density at radius 1 is 1.38 bits per heavy atom. The average molecular weight is 343 g/mol. The van der Waals surface area contributed by atoms with Gasteiger partial charge in [0.1, 0.15) is 12.0 Å². The molecule has 5 nitrogen and oxygen atoms in total. The molecule has 1 aliphatic carbocycles. The summed E-state index contributed by atoms with van der Waals surface area (Å²) in [6.07, 6.45) is 3.22. The molecule has 6 heteroatoms. The lowest BCUT2D eigenvalue weighted by atomic mass is 9.93. The summed E-state index contributed by atoms with van der Waals surface area (Å²) in [5.74, 6) is 1.80. The maximum Gasteiger partial charge on any atom is 0.334 e. The summed E-state index contributed by atoms with van der Waals surface area (Å²) < 4.78 is 5.29. The number of fused-ring (bicyclic) bond motifs is 1. The lowest BCUT2D eigenvalue weighted by Gasteiger charge is -2.32. The van der Waals surface area contributed by atoms with Crippen LogP contribution in [0.3, 0.4) is 0 Å². The molecule has 1 atom stereocenters. The molecule has 1 N–H and O–H groups in total. The van der Waals surface area contributed by atoms with Crippen molar-refractivity contribution in [3.8, 4) is 0 Å². The van der Waals surface area contributed by atoms with Crippen LogP contribution in [0.4, 0.5) is 5.69 Å². The number of carboxylic acids is 1. The quantitative estimate of drug-likeness (QED) is 0.851. The number of anilines is 1. The lowest BCUT2D eigenvalue weighted by molar-refractivity contribution is -0.133. The SMILES string of the molecule is COC1C(=C=O)C(N2CCCSc3ccccc32)=CC=C1C(=O)O. The highest BCUT2D eigenvalue weighted by Crippen LogP contribution is 2.38. The number of allylic oxidation sites excluding steroid dienone is 2. The number of nitrogens with zero attached hydrogens (tertiary/aromatic N) is 1. The first-order chi connectivity index (χ1) is 11.7. The number of carbonyl (C=O) groups is 1. The molecule has 0 amide bonds. The molecule has 0 bridgehead atoms. The fourth-order valence-corrected chi connectivity index (χ4v) is 3.98. The van der Waals surface area contributed by atoms with Crippen LogP contribution in [0.1, 0.15) is 6.42 Å².